The zero-order valence-corrected chi connectivity index (χ0v) is 15.0. The first-order valence-corrected chi connectivity index (χ1v) is 7.87. The number of rotatable bonds is 5. The van der Waals surface area contributed by atoms with Gasteiger partial charge in [-0.05, 0) is 45.0 Å². The minimum absolute atomic E-state index is 0.244. The molecule has 26 heavy (non-hydrogen) atoms. The van der Waals surface area contributed by atoms with E-state index in [1.54, 1.807) is 18.7 Å². The van der Waals surface area contributed by atoms with Crippen LogP contribution in [0.25, 0.3) is 0 Å². The van der Waals surface area contributed by atoms with Gasteiger partial charge in [0.25, 0.3) is 5.91 Å². The molecule has 1 unspecified atom stereocenters. The summed E-state index contributed by atoms with van der Waals surface area (Å²) in [5.41, 5.74) is 7.78. The van der Waals surface area contributed by atoms with Crippen LogP contribution < -0.4 is 16.4 Å². The summed E-state index contributed by atoms with van der Waals surface area (Å²) in [5.74, 6) is -1.11. The molecule has 0 fully saturated rings. The van der Waals surface area contributed by atoms with Gasteiger partial charge in [0.1, 0.15) is 0 Å². The summed E-state index contributed by atoms with van der Waals surface area (Å²) in [7, 11) is 1.78. The highest BCUT2D eigenvalue weighted by atomic mass is 16.5. The zero-order valence-electron chi connectivity index (χ0n) is 15.0. The molecule has 9 nitrogen and oxygen atoms in total. The smallest absolute Gasteiger partial charge is 0.338 e. The third-order valence-corrected chi connectivity index (χ3v) is 3.80. The number of hydrogen-bond acceptors (Lipinski definition) is 5. The Hall–Kier alpha value is -3.36. The maximum Gasteiger partial charge on any atom is 0.338 e. The van der Waals surface area contributed by atoms with Crippen molar-refractivity contribution in [2.45, 2.75) is 26.9 Å². The van der Waals surface area contributed by atoms with Crippen molar-refractivity contribution in [2.24, 2.45) is 12.8 Å². The molecule has 0 saturated heterocycles. The second-order valence-electron chi connectivity index (χ2n) is 5.77. The molecule has 2 rings (SSSR count). The van der Waals surface area contributed by atoms with Crippen LogP contribution in [-0.2, 0) is 16.6 Å². The third kappa shape index (κ3) is 4.38. The number of carbonyl (C=O) groups is 3. The molecule has 0 spiro atoms. The van der Waals surface area contributed by atoms with E-state index in [9.17, 15) is 14.4 Å². The number of nitrogens with one attached hydrogen (secondary N) is 2. The first-order valence-electron chi connectivity index (χ1n) is 7.87. The van der Waals surface area contributed by atoms with Crippen molar-refractivity contribution >= 4 is 29.3 Å². The predicted octanol–water partition coefficient (Wildman–Crippen LogP) is 1.71. The quantitative estimate of drug-likeness (QED) is 0.700. The first kappa shape index (κ1) is 19.0. The molecule has 0 radical (unpaired) electrons. The predicted molar refractivity (Wildman–Crippen MR) is 95.8 cm³/mol. The lowest BCUT2D eigenvalue weighted by Crippen LogP contribution is -2.30. The van der Waals surface area contributed by atoms with E-state index in [0.29, 0.717) is 17.1 Å². The van der Waals surface area contributed by atoms with Gasteiger partial charge < -0.3 is 21.1 Å². The van der Waals surface area contributed by atoms with Crippen LogP contribution in [0.15, 0.2) is 24.3 Å². The Bertz CT molecular complexity index is 842. The van der Waals surface area contributed by atoms with E-state index in [1.165, 1.54) is 31.2 Å². The monoisotopic (exact) mass is 359 g/mol. The summed E-state index contributed by atoms with van der Waals surface area (Å²) in [4.78, 5) is 35.2. The number of anilines is 2. The SMILES string of the molecule is Cc1nn(C)c(C)c1NC(=O)C(C)OC(=O)c1ccc(NC(N)=O)cc1. The van der Waals surface area contributed by atoms with Crippen molar-refractivity contribution in [2.75, 3.05) is 10.6 Å². The Balaban J connectivity index is 1.99. The maximum absolute atomic E-state index is 12.3. The topological polar surface area (TPSA) is 128 Å². The molecule has 4 N–H and O–H groups in total. The number of nitrogens with two attached hydrogens (primary N) is 1. The van der Waals surface area contributed by atoms with E-state index in [1.807, 2.05) is 6.92 Å². The zero-order chi connectivity index (χ0) is 19.4. The molecular weight excluding hydrogens is 338 g/mol. The number of aromatic nitrogens is 2. The van der Waals surface area contributed by atoms with Gasteiger partial charge in [-0.1, -0.05) is 0 Å². The number of ether oxygens (including phenoxy) is 1. The summed E-state index contributed by atoms with van der Waals surface area (Å²) in [5, 5.41) is 9.33. The van der Waals surface area contributed by atoms with E-state index in [0.717, 1.165) is 5.69 Å². The molecule has 1 atom stereocenters. The van der Waals surface area contributed by atoms with E-state index >= 15 is 0 Å². The van der Waals surface area contributed by atoms with Gasteiger partial charge in [-0.2, -0.15) is 5.10 Å². The summed E-state index contributed by atoms with van der Waals surface area (Å²) >= 11 is 0. The van der Waals surface area contributed by atoms with Gasteiger partial charge >= 0.3 is 12.0 Å². The van der Waals surface area contributed by atoms with E-state index in [-0.39, 0.29) is 5.56 Å². The summed E-state index contributed by atoms with van der Waals surface area (Å²) in [6, 6.07) is 5.25. The fraction of sp³-hybridized carbons (Fsp3) is 0.294. The molecular formula is C17H21N5O4. The van der Waals surface area contributed by atoms with Gasteiger partial charge in [-0.25, -0.2) is 9.59 Å². The Morgan fingerprint density at radius 3 is 2.27 bits per heavy atom. The van der Waals surface area contributed by atoms with Crippen molar-refractivity contribution in [3.63, 3.8) is 0 Å². The Morgan fingerprint density at radius 2 is 1.77 bits per heavy atom. The van der Waals surface area contributed by atoms with Gasteiger partial charge in [0.15, 0.2) is 6.10 Å². The minimum Gasteiger partial charge on any atom is -0.449 e. The van der Waals surface area contributed by atoms with Crippen LogP contribution in [0.3, 0.4) is 0 Å². The molecule has 0 bridgehead atoms. The van der Waals surface area contributed by atoms with Crippen molar-refractivity contribution in [3.05, 3.63) is 41.2 Å². The number of nitrogens with zero attached hydrogens (tertiary/aromatic N) is 2. The van der Waals surface area contributed by atoms with Gasteiger partial charge in [-0.15, -0.1) is 0 Å². The first-order chi connectivity index (χ1) is 12.2. The molecule has 1 aromatic carbocycles. The lowest BCUT2D eigenvalue weighted by molar-refractivity contribution is -0.123. The van der Waals surface area contributed by atoms with Gasteiger partial charge in [0.05, 0.1) is 22.6 Å². The number of urea groups is 1. The van der Waals surface area contributed by atoms with E-state index in [4.69, 9.17) is 10.5 Å². The molecule has 3 amide bonds. The average Bonchev–Trinajstić information content (AvgIpc) is 2.81. The van der Waals surface area contributed by atoms with E-state index in [2.05, 4.69) is 15.7 Å². The number of carbonyl (C=O) groups excluding carboxylic acids is 3. The van der Waals surface area contributed by atoms with Crippen LogP contribution >= 0.6 is 0 Å². The lowest BCUT2D eigenvalue weighted by atomic mass is 10.2. The molecule has 0 saturated carbocycles. The molecule has 2 aromatic rings. The molecule has 9 heteroatoms. The third-order valence-electron chi connectivity index (χ3n) is 3.80. The fourth-order valence-electron chi connectivity index (χ4n) is 2.29. The summed E-state index contributed by atoms with van der Waals surface area (Å²) in [6.07, 6.45) is -0.995. The van der Waals surface area contributed by atoms with Crippen molar-refractivity contribution in [3.8, 4) is 0 Å². The van der Waals surface area contributed by atoms with E-state index < -0.39 is 24.0 Å². The second-order valence-corrected chi connectivity index (χ2v) is 5.77. The molecule has 138 valence electrons. The van der Waals surface area contributed by atoms with Gasteiger partial charge in [0, 0.05) is 12.7 Å². The standard InChI is InChI=1S/C17H21N5O4/c1-9-14(10(2)22(4)21-9)20-15(23)11(3)26-16(24)12-5-7-13(8-6-12)19-17(18)25/h5-8,11H,1-4H3,(H,20,23)(H3,18,19,25). The fourth-order valence-corrected chi connectivity index (χ4v) is 2.29. The van der Waals surface area contributed by atoms with Crippen molar-refractivity contribution < 1.29 is 19.1 Å². The van der Waals surface area contributed by atoms with Crippen molar-refractivity contribution in [1.82, 2.24) is 9.78 Å². The number of primary amides is 1. The Kier molecular flexibility index (Phi) is 5.61. The van der Waals surface area contributed by atoms with Crippen LogP contribution in [0.5, 0.6) is 0 Å². The van der Waals surface area contributed by atoms with Crippen LogP contribution in [0.4, 0.5) is 16.2 Å². The average molecular weight is 359 g/mol. The molecule has 0 aliphatic rings. The second kappa shape index (κ2) is 7.68. The molecule has 0 aliphatic heterocycles. The summed E-state index contributed by atoms with van der Waals surface area (Å²) < 4.78 is 6.84. The highest BCUT2D eigenvalue weighted by Crippen LogP contribution is 2.19. The Labute approximate surface area is 150 Å². The van der Waals surface area contributed by atoms with Crippen LogP contribution in [0.1, 0.15) is 28.7 Å². The van der Waals surface area contributed by atoms with Crippen molar-refractivity contribution in [1.29, 1.82) is 0 Å². The molecule has 1 aromatic heterocycles. The highest BCUT2D eigenvalue weighted by Gasteiger charge is 2.21. The minimum atomic E-state index is -0.995. The van der Waals surface area contributed by atoms with Crippen LogP contribution in [-0.4, -0.2) is 33.8 Å². The van der Waals surface area contributed by atoms with Crippen LogP contribution in [0, 0.1) is 13.8 Å². The lowest BCUT2D eigenvalue weighted by Gasteiger charge is -2.14. The van der Waals surface area contributed by atoms with Gasteiger partial charge in [0.2, 0.25) is 0 Å². The van der Waals surface area contributed by atoms with Crippen LogP contribution in [0.2, 0.25) is 0 Å². The highest BCUT2D eigenvalue weighted by molar-refractivity contribution is 5.98. The Morgan fingerprint density at radius 1 is 1.15 bits per heavy atom. The normalized spacial score (nSPS) is 11.5. The number of benzene rings is 1. The number of aryl methyl sites for hydroxylation is 2. The van der Waals surface area contributed by atoms with Gasteiger partial charge in [-0.3, -0.25) is 9.48 Å². The number of esters is 1. The summed E-state index contributed by atoms with van der Waals surface area (Å²) in [6.45, 7) is 5.09. The molecule has 0 aliphatic carbocycles. The number of hydrogen-bond donors (Lipinski definition) is 3. The largest absolute Gasteiger partial charge is 0.449 e. The number of amides is 3. The maximum atomic E-state index is 12.3. The molecule has 1 heterocycles.